The predicted octanol–water partition coefficient (Wildman–Crippen LogP) is 3.27. The SMILES string of the molecule is O=C(CCn1c(=O)sc2cc(S(=O)(=O)Nc3ccccc3)ccc21)N1CCCCC1. The van der Waals surface area contributed by atoms with Crippen molar-refractivity contribution in [3.8, 4) is 0 Å². The van der Waals surface area contributed by atoms with Gasteiger partial charge in [-0.2, -0.15) is 0 Å². The molecule has 158 valence electrons. The number of thiazole rings is 1. The molecule has 0 bridgehead atoms. The number of aromatic nitrogens is 1. The van der Waals surface area contributed by atoms with Crippen molar-refractivity contribution in [3.05, 3.63) is 58.2 Å². The van der Waals surface area contributed by atoms with E-state index in [1.807, 2.05) is 4.90 Å². The lowest BCUT2D eigenvalue weighted by atomic mass is 10.1. The van der Waals surface area contributed by atoms with Gasteiger partial charge in [-0.15, -0.1) is 0 Å². The summed E-state index contributed by atoms with van der Waals surface area (Å²) < 4.78 is 30.1. The average Bonchev–Trinajstić information content (AvgIpc) is 3.07. The van der Waals surface area contributed by atoms with E-state index < -0.39 is 10.0 Å². The van der Waals surface area contributed by atoms with Crippen LogP contribution in [-0.4, -0.2) is 36.9 Å². The van der Waals surface area contributed by atoms with Gasteiger partial charge in [0.25, 0.3) is 10.0 Å². The summed E-state index contributed by atoms with van der Waals surface area (Å²) in [4.78, 5) is 26.7. The largest absolute Gasteiger partial charge is 0.343 e. The highest BCUT2D eigenvalue weighted by atomic mass is 32.2. The Morgan fingerprint density at radius 3 is 2.50 bits per heavy atom. The van der Waals surface area contributed by atoms with E-state index in [9.17, 15) is 18.0 Å². The lowest BCUT2D eigenvalue weighted by Gasteiger charge is -2.26. The number of likely N-dealkylation sites (tertiary alicyclic amines) is 1. The minimum atomic E-state index is -3.76. The number of aryl methyl sites for hydroxylation is 1. The Hall–Kier alpha value is -2.65. The fourth-order valence-electron chi connectivity index (χ4n) is 3.65. The van der Waals surface area contributed by atoms with Crippen LogP contribution in [0.4, 0.5) is 5.69 Å². The second-order valence-corrected chi connectivity index (χ2v) is 9.99. The minimum absolute atomic E-state index is 0.0622. The monoisotopic (exact) mass is 445 g/mol. The number of nitrogens with zero attached hydrogens (tertiary/aromatic N) is 2. The summed E-state index contributed by atoms with van der Waals surface area (Å²) in [6.45, 7) is 1.87. The first-order chi connectivity index (χ1) is 14.4. The van der Waals surface area contributed by atoms with Crippen LogP contribution in [-0.2, 0) is 21.4 Å². The number of carbonyl (C=O) groups is 1. The van der Waals surface area contributed by atoms with Gasteiger partial charge in [-0.05, 0) is 49.6 Å². The molecule has 3 aromatic rings. The van der Waals surface area contributed by atoms with Crippen molar-refractivity contribution >= 4 is 43.2 Å². The minimum Gasteiger partial charge on any atom is -0.343 e. The summed E-state index contributed by atoms with van der Waals surface area (Å²) in [7, 11) is -3.76. The molecular formula is C21H23N3O4S2. The van der Waals surface area contributed by atoms with Crippen LogP contribution in [0.3, 0.4) is 0 Å². The quantitative estimate of drug-likeness (QED) is 0.631. The molecule has 0 spiro atoms. The van der Waals surface area contributed by atoms with E-state index in [0.717, 1.165) is 43.7 Å². The molecule has 1 amide bonds. The number of nitrogens with one attached hydrogen (secondary N) is 1. The number of sulfonamides is 1. The number of benzene rings is 2. The summed E-state index contributed by atoms with van der Waals surface area (Å²) in [5.41, 5.74) is 1.12. The van der Waals surface area contributed by atoms with Crippen molar-refractivity contribution in [1.29, 1.82) is 0 Å². The Kier molecular flexibility index (Phi) is 5.92. The van der Waals surface area contributed by atoms with Gasteiger partial charge < -0.3 is 4.90 Å². The molecule has 0 aliphatic carbocycles. The van der Waals surface area contributed by atoms with Crippen molar-refractivity contribution in [1.82, 2.24) is 9.47 Å². The third-order valence-electron chi connectivity index (χ3n) is 5.23. The van der Waals surface area contributed by atoms with E-state index in [1.54, 1.807) is 41.0 Å². The zero-order chi connectivity index (χ0) is 21.1. The second kappa shape index (κ2) is 8.61. The number of hydrogen-bond donors (Lipinski definition) is 1. The molecule has 4 rings (SSSR count). The number of amides is 1. The Balaban J connectivity index is 1.53. The molecule has 9 heteroatoms. The van der Waals surface area contributed by atoms with Gasteiger partial charge in [-0.3, -0.25) is 18.9 Å². The van der Waals surface area contributed by atoms with Gasteiger partial charge in [0.1, 0.15) is 0 Å². The molecule has 1 fully saturated rings. The molecule has 0 radical (unpaired) electrons. The van der Waals surface area contributed by atoms with Gasteiger partial charge in [0.2, 0.25) is 5.91 Å². The Labute approximate surface area is 179 Å². The molecule has 1 N–H and O–H groups in total. The molecule has 1 saturated heterocycles. The van der Waals surface area contributed by atoms with Crippen LogP contribution >= 0.6 is 11.3 Å². The van der Waals surface area contributed by atoms with Crippen LogP contribution in [0.1, 0.15) is 25.7 Å². The third kappa shape index (κ3) is 4.41. The fraction of sp³-hybridized carbons (Fsp3) is 0.333. The maximum absolute atomic E-state index is 12.7. The lowest BCUT2D eigenvalue weighted by Crippen LogP contribution is -2.36. The highest BCUT2D eigenvalue weighted by Crippen LogP contribution is 2.24. The van der Waals surface area contributed by atoms with Gasteiger partial charge in [-0.1, -0.05) is 29.5 Å². The van der Waals surface area contributed by atoms with Crippen molar-refractivity contribution in [2.75, 3.05) is 17.8 Å². The Morgan fingerprint density at radius 1 is 1.03 bits per heavy atom. The summed E-state index contributed by atoms with van der Waals surface area (Å²) in [5.74, 6) is 0.0622. The van der Waals surface area contributed by atoms with Crippen LogP contribution in [0.15, 0.2) is 58.2 Å². The van der Waals surface area contributed by atoms with E-state index in [0.29, 0.717) is 22.4 Å². The number of carbonyl (C=O) groups excluding carboxylic acids is 1. The molecule has 1 aliphatic heterocycles. The first-order valence-electron chi connectivity index (χ1n) is 9.93. The Bertz CT molecular complexity index is 1210. The molecule has 0 saturated carbocycles. The van der Waals surface area contributed by atoms with E-state index in [-0.39, 0.29) is 22.1 Å². The molecule has 30 heavy (non-hydrogen) atoms. The first kappa shape index (κ1) is 20.6. The van der Waals surface area contributed by atoms with Gasteiger partial charge >= 0.3 is 4.87 Å². The van der Waals surface area contributed by atoms with E-state index >= 15 is 0 Å². The second-order valence-electron chi connectivity index (χ2n) is 7.31. The van der Waals surface area contributed by atoms with Crippen LogP contribution in [0.2, 0.25) is 0 Å². The number of anilines is 1. The zero-order valence-corrected chi connectivity index (χ0v) is 18.0. The van der Waals surface area contributed by atoms with Gasteiger partial charge in [0, 0.05) is 31.7 Å². The molecule has 2 aromatic carbocycles. The van der Waals surface area contributed by atoms with Crippen LogP contribution < -0.4 is 9.60 Å². The molecule has 1 aliphatic rings. The van der Waals surface area contributed by atoms with Crippen molar-refractivity contribution < 1.29 is 13.2 Å². The fourth-order valence-corrected chi connectivity index (χ4v) is 5.77. The number of fused-ring (bicyclic) bond motifs is 1. The zero-order valence-electron chi connectivity index (χ0n) is 16.4. The average molecular weight is 446 g/mol. The van der Waals surface area contributed by atoms with Crippen molar-refractivity contribution in [2.24, 2.45) is 0 Å². The highest BCUT2D eigenvalue weighted by Gasteiger charge is 2.19. The summed E-state index contributed by atoms with van der Waals surface area (Å²) in [5, 5.41) is 0. The van der Waals surface area contributed by atoms with Crippen LogP contribution in [0.5, 0.6) is 0 Å². The van der Waals surface area contributed by atoms with E-state index in [2.05, 4.69) is 4.72 Å². The van der Waals surface area contributed by atoms with Gasteiger partial charge in [0.15, 0.2) is 0 Å². The third-order valence-corrected chi connectivity index (χ3v) is 7.55. The Morgan fingerprint density at radius 2 is 1.77 bits per heavy atom. The lowest BCUT2D eigenvalue weighted by molar-refractivity contribution is -0.132. The maximum atomic E-state index is 12.7. The topological polar surface area (TPSA) is 88.5 Å². The smallest absolute Gasteiger partial charge is 0.308 e. The van der Waals surface area contributed by atoms with Crippen LogP contribution in [0.25, 0.3) is 10.2 Å². The predicted molar refractivity (Wildman–Crippen MR) is 118 cm³/mol. The number of para-hydroxylation sites is 1. The standard InChI is InChI=1S/C21H23N3O4S2/c25-20(23-12-5-2-6-13-23)11-14-24-18-10-9-17(15-19(18)29-21(24)26)30(27,28)22-16-7-3-1-4-8-16/h1,3-4,7-10,15,22H,2,5-6,11-14H2. The summed E-state index contributed by atoms with van der Waals surface area (Å²) >= 11 is 0.993. The van der Waals surface area contributed by atoms with Gasteiger partial charge in [-0.25, -0.2) is 8.42 Å². The van der Waals surface area contributed by atoms with E-state index in [4.69, 9.17) is 0 Å². The molecular weight excluding hydrogens is 422 g/mol. The molecule has 0 unspecified atom stereocenters. The van der Waals surface area contributed by atoms with E-state index in [1.165, 1.54) is 12.1 Å². The number of hydrogen-bond acceptors (Lipinski definition) is 5. The normalized spacial score (nSPS) is 14.7. The first-order valence-corrected chi connectivity index (χ1v) is 12.2. The van der Waals surface area contributed by atoms with Crippen LogP contribution in [0, 0.1) is 0 Å². The van der Waals surface area contributed by atoms with Gasteiger partial charge in [0.05, 0.1) is 15.1 Å². The number of rotatable bonds is 6. The molecule has 2 heterocycles. The molecule has 7 nitrogen and oxygen atoms in total. The molecule has 1 aromatic heterocycles. The maximum Gasteiger partial charge on any atom is 0.308 e. The number of piperidine rings is 1. The van der Waals surface area contributed by atoms with Crippen molar-refractivity contribution in [2.45, 2.75) is 37.1 Å². The highest BCUT2D eigenvalue weighted by molar-refractivity contribution is 7.92. The molecule has 0 atom stereocenters. The summed E-state index contributed by atoms with van der Waals surface area (Å²) in [6.07, 6.45) is 3.48. The summed E-state index contributed by atoms with van der Waals surface area (Å²) in [6, 6.07) is 13.3. The van der Waals surface area contributed by atoms with Crippen molar-refractivity contribution in [3.63, 3.8) is 0 Å².